The van der Waals surface area contributed by atoms with E-state index in [2.05, 4.69) is 37.2 Å². The molecule has 1 aliphatic rings. The summed E-state index contributed by atoms with van der Waals surface area (Å²) in [6.45, 7) is 5.93. The van der Waals surface area contributed by atoms with E-state index >= 15 is 0 Å². The molecule has 0 amide bonds. The molecular formula is C13H18ClNOSi. The Labute approximate surface area is 109 Å². The Morgan fingerprint density at radius 2 is 2.12 bits per heavy atom. The molecule has 0 N–H and O–H groups in total. The van der Waals surface area contributed by atoms with Gasteiger partial charge in [-0.3, -0.25) is 4.57 Å². The highest BCUT2D eigenvalue weighted by Gasteiger charge is 2.51. The van der Waals surface area contributed by atoms with Crippen molar-refractivity contribution in [1.82, 2.24) is 4.57 Å². The Bertz CT molecular complexity index is 400. The molecular weight excluding hydrogens is 250 g/mol. The Hall–Kier alpha value is -0.613. The number of benzene rings is 1. The van der Waals surface area contributed by atoms with Crippen molar-refractivity contribution in [1.29, 1.82) is 0 Å². The minimum Gasteiger partial charge on any atom is -0.383 e. The van der Waals surface area contributed by atoms with Crippen molar-refractivity contribution in [3.05, 3.63) is 48.6 Å². The van der Waals surface area contributed by atoms with Crippen molar-refractivity contribution in [2.45, 2.75) is 25.1 Å². The molecule has 1 unspecified atom stereocenters. The maximum Gasteiger partial charge on any atom is 0.377 e. The number of rotatable bonds is 3. The van der Waals surface area contributed by atoms with E-state index in [-0.39, 0.29) is 6.10 Å². The van der Waals surface area contributed by atoms with Crippen LogP contribution in [0.15, 0.2) is 43.0 Å². The molecule has 1 saturated heterocycles. The molecule has 1 fully saturated rings. The highest BCUT2D eigenvalue weighted by Crippen LogP contribution is 2.41. The van der Waals surface area contributed by atoms with Crippen LogP contribution in [0.5, 0.6) is 0 Å². The molecule has 0 saturated carbocycles. The van der Waals surface area contributed by atoms with E-state index < -0.39 is 7.79 Å². The quantitative estimate of drug-likeness (QED) is 0.473. The van der Waals surface area contributed by atoms with Crippen molar-refractivity contribution in [2.24, 2.45) is 0 Å². The molecule has 0 radical (unpaired) electrons. The van der Waals surface area contributed by atoms with Crippen LogP contribution in [0.25, 0.3) is 0 Å². The van der Waals surface area contributed by atoms with Gasteiger partial charge < -0.3 is 4.43 Å². The second kappa shape index (κ2) is 4.94. The number of hydrogen-bond donors (Lipinski definition) is 0. The maximum atomic E-state index is 6.63. The smallest absolute Gasteiger partial charge is 0.377 e. The summed E-state index contributed by atoms with van der Waals surface area (Å²) in [7, 11) is -0.259. The van der Waals surface area contributed by atoms with Crippen molar-refractivity contribution in [3.63, 3.8) is 0 Å². The van der Waals surface area contributed by atoms with E-state index in [9.17, 15) is 0 Å². The summed E-state index contributed by atoms with van der Waals surface area (Å²) in [5, 5.41) is 0. The average Bonchev–Trinajstić information content (AvgIpc) is 2.56. The van der Waals surface area contributed by atoms with E-state index in [1.807, 2.05) is 24.3 Å². The largest absolute Gasteiger partial charge is 0.383 e. The summed E-state index contributed by atoms with van der Waals surface area (Å²) in [6, 6.07) is 11.3. The van der Waals surface area contributed by atoms with Crippen LogP contribution in [0.3, 0.4) is 0 Å². The number of nitrogens with zero attached hydrogens (tertiary/aromatic N) is 1. The van der Waals surface area contributed by atoms with Crippen LogP contribution in [0.4, 0.5) is 0 Å². The van der Waals surface area contributed by atoms with Gasteiger partial charge in [-0.25, -0.2) is 0 Å². The molecule has 1 heterocycles. The first kappa shape index (κ1) is 12.8. The monoisotopic (exact) mass is 267 g/mol. The number of likely N-dealkylation sites (N-methyl/N-ethyl adjacent to an activating group) is 1. The SMILES string of the molecule is C=CC[Si@]1(Cl)OC(c2ccccc2)[C@@H](C)N1C. The summed E-state index contributed by atoms with van der Waals surface area (Å²) in [5.74, 6) is 0. The third-order valence-electron chi connectivity index (χ3n) is 3.41. The van der Waals surface area contributed by atoms with Crippen molar-refractivity contribution in [2.75, 3.05) is 7.05 Å². The first-order valence-corrected chi connectivity index (χ1v) is 8.91. The summed E-state index contributed by atoms with van der Waals surface area (Å²) in [5.41, 5.74) is 1.20. The predicted octanol–water partition coefficient (Wildman–Crippen LogP) is 3.44. The third kappa shape index (κ3) is 2.33. The first-order chi connectivity index (χ1) is 8.08. The van der Waals surface area contributed by atoms with Gasteiger partial charge in [0.15, 0.2) is 0 Å². The van der Waals surface area contributed by atoms with Gasteiger partial charge in [-0.15, -0.1) is 17.7 Å². The van der Waals surface area contributed by atoms with Crippen LogP contribution in [0.1, 0.15) is 18.6 Å². The fourth-order valence-corrected chi connectivity index (χ4v) is 5.69. The molecule has 4 heteroatoms. The van der Waals surface area contributed by atoms with Gasteiger partial charge in [0.05, 0.1) is 6.10 Å². The van der Waals surface area contributed by atoms with Gasteiger partial charge in [-0.1, -0.05) is 36.4 Å². The molecule has 0 spiro atoms. The molecule has 2 rings (SSSR count). The van der Waals surface area contributed by atoms with Gasteiger partial charge in [-0.05, 0) is 19.5 Å². The number of halogens is 1. The Kier molecular flexibility index (Phi) is 3.73. The van der Waals surface area contributed by atoms with E-state index in [1.165, 1.54) is 5.56 Å². The van der Waals surface area contributed by atoms with Crippen molar-refractivity contribution < 1.29 is 4.43 Å². The van der Waals surface area contributed by atoms with E-state index in [0.717, 1.165) is 6.04 Å². The zero-order valence-corrected chi connectivity index (χ0v) is 12.0. The number of allylic oxidation sites excluding steroid dienone is 1. The Morgan fingerprint density at radius 1 is 1.47 bits per heavy atom. The standard InChI is InChI=1S/C13H18ClNOSi/c1-4-10-17(14)15(3)11(2)13(16-17)12-8-6-5-7-9-12/h4-9,11,13H,1,10H2,2-3H3/t11-,13?,17-/m1/s1. The molecule has 1 aromatic rings. The normalized spacial score (nSPS) is 33.8. The van der Waals surface area contributed by atoms with Crippen LogP contribution in [-0.2, 0) is 4.43 Å². The second-order valence-electron chi connectivity index (χ2n) is 4.48. The van der Waals surface area contributed by atoms with Crippen LogP contribution >= 0.6 is 11.1 Å². The molecule has 0 aliphatic carbocycles. The molecule has 0 bridgehead atoms. The van der Waals surface area contributed by atoms with Crippen LogP contribution in [0, 0.1) is 0 Å². The summed E-state index contributed by atoms with van der Waals surface area (Å²) in [4.78, 5) is 0. The van der Waals surface area contributed by atoms with Crippen LogP contribution in [0.2, 0.25) is 6.04 Å². The Balaban J connectivity index is 2.25. The summed E-state index contributed by atoms with van der Waals surface area (Å²) < 4.78 is 8.36. The number of hydrogen-bond acceptors (Lipinski definition) is 2. The molecule has 0 aromatic heterocycles. The minimum absolute atomic E-state index is 0.0744. The topological polar surface area (TPSA) is 12.5 Å². The third-order valence-corrected chi connectivity index (χ3v) is 7.81. The zero-order valence-electron chi connectivity index (χ0n) is 10.3. The molecule has 92 valence electrons. The lowest BCUT2D eigenvalue weighted by molar-refractivity contribution is 0.207. The molecule has 2 nitrogen and oxygen atoms in total. The summed E-state index contributed by atoms with van der Waals surface area (Å²) in [6.07, 6.45) is 1.93. The van der Waals surface area contributed by atoms with Crippen molar-refractivity contribution >= 4 is 18.9 Å². The molecule has 3 atom stereocenters. The zero-order chi connectivity index (χ0) is 12.5. The van der Waals surface area contributed by atoms with Gasteiger partial charge in [0.25, 0.3) is 0 Å². The maximum absolute atomic E-state index is 6.63. The lowest BCUT2D eigenvalue weighted by Crippen LogP contribution is -2.44. The highest BCUT2D eigenvalue weighted by atomic mass is 35.6. The van der Waals surface area contributed by atoms with Gasteiger partial charge >= 0.3 is 7.79 Å². The highest BCUT2D eigenvalue weighted by molar-refractivity contribution is 7.15. The molecule has 1 aliphatic heterocycles. The minimum atomic E-state index is -2.31. The van der Waals surface area contributed by atoms with Crippen LogP contribution in [-0.4, -0.2) is 25.4 Å². The van der Waals surface area contributed by atoms with E-state index in [1.54, 1.807) is 0 Å². The lowest BCUT2D eigenvalue weighted by Gasteiger charge is -2.24. The first-order valence-electron chi connectivity index (χ1n) is 5.84. The van der Waals surface area contributed by atoms with Gasteiger partial charge in [0.2, 0.25) is 0 Å². The Morgan fingerprint density at radius 3 is 2.71 bits per heavy atom. The van der Waals surface area contributed by atoms with Crippen LogP contribution < -0.4 is 0 Å². The lowest BCUT2D eigenvalue weighted by atomic mass is 10.0. The molecule has 17 heavy (non-hydrogen) atoms. The molecule has 1 aromatic carbocycles. The second-order valence-corrected chi connectivity index (χ2v) is 8.98. The fraction of sp³-hybridized carbons (Fsp3) is 0.385. The van der Waals surface area contributed by atoms with E-state index in [0.29, 0.717) is 6.04 Å². The van der Waals surface area contributed by atoms with Gasteiger partial charge in [0, 0.05) is 12.1 Å². The summed E-state index contributed by atoms with van der Waals surface area (Å²) >= 11 is 6.63. The van der Waals surface area contributed by atoms with E-state index in [4.69, 9.17) is 15.5 Å². The van der Waals surface area contributed by atoms with Crippen molar-refractivity contribution in [3.8, 4) is 0 Å². The average molecular weight is 268 g/mol. The van der Waals surface area contributed by atoms with Gasteiger partial charge in [0.1, 0.15) is 0 Å². The predicted molar refractivity (Wildman–Crippen MR) is 74.1 cm³/mol. The fourth-order valence-electron chi connectivity index (χ4n) is 2.24. The van der Waals surface area contributed by atoms with Gasteiger partial charge in [-0.2, -0.15) is 0 Å².